The molecule has 1 atom stereocenters. The maximum absolute atomic E-state index is 12.2. The molecule has 0 aliphatic carbocycles. The van der Waals surface area contributed by atoms with E-state index in [0.717, 1.165) is 32.6 Å². The first-order valence-electron chi connectivity index (χ1n) is 9.41. The van der Waals surface area contributed by atoms with Gasteiger partial charge >= 0.3 is 0 Å². The van der Waals surface area contributed by atoms with Crippen LogP contribution in [0.2, 0.25) is 0 Å². The maximum atomic E-state index is 12.2. The smallest absolute Gasteiger partial charge is 0.266 e. The predicted molar refractivity (Wildman–Crippen MR) is 98.3 cm³/mol. The fourth-order valence-corrected chi connectivity index (χ4v) is 3.78. The lowest BCUT2D eigenvalue weighted by Crippen LogP contribution is -3.27. The zero-order valence-corrected chi connectivity index (χ0v) is 14.9. The Morgan fingerprint density at radius 2 is 1.81 bits per heavy atom. The molecule has 0 unspecified atom stereocenters. The van der Waals surface area contributed by atoms with Crippen LogP contribution in [-0.4, -0.2) is 49.7 Å². The van der Waals surface area contributed by atoms with Crippen molar-refractivity contribution in [3.63, 3.8) is 0 Å². The van der Waals surface area contributed by atoms with E-state index in [1.807, 2.05) is 12.1 Å². The number of amides is 1. The van der Waals surface area contributed by atoms with Crippen LogP contribution in [0, 0.1) is 0 Å². The predicted octanol–water partition coefficient (Wildman–Crippen LogP) is -0.845. The van der Waals surface area contributed by atoms with Crippen LogP contribution >= 0.6 is 0 Å². The molecule has 26 heavy (non-hydrogen) atoms. The standard InChI is InChI=1S/C20H24N4O2/c25-20-18(26-17-7-4-9-21-19(17)22-20)8-10-23-11-13-24(14-12-23)15-16-5-2-1-3-6-16/h1-7,9,18H,8,10-15H2,(H,21,22,25)/p+2/t18-/m0/s1. The fourth-order valence-electron chi connectivity index (χ4n) is 3.78. The van der Waals surface area contributed by atoms with Gasteiger partial charge in [0.05, 0.1) is 6.54 Å². The maximum Gasteiger partial charge on any atom is 0.266 e. The summed E-state index contributed by atoms with van der Waals surface area (Å²) in [5.41, 5.74) is 1.41. The Balaban J connectivity index is 1.23. The largest absolute Gasteiger partial charge is 0.476 e. The average molecular weight is 354 g/mol. The van der Waals surface area contributed by atoms with Gasteiger partial charge in [0.1, 0.15) is 32.7 Å². The van der Waals surface area contributed by atoms with Crippen LogP contribution < -0.4 is 19.9 Å². The number of nitrogens with zero attached hydrogens (tertiary/aromatic N) is 1. The van der Waals surface area contributed by atoms with Crippen molar-refractivity contribution in [2.24, 2.45) is 0 Å². The van der Waals surface area contributed by atoms with Gasteiger partial charge in [0.15, 0.2) is 17.7 Å². The fraction of sp³-hybridized carbons (Fsp3) is 0.400. The van der Waals surface area contributed by atoms with Gasteiger partial charge in [0.25, 0.3) is 5.91 Å². The van der Waals surface area contributed by atoms with E-state index < -0.39 is 6.10 Å². The van der Waals surface area contributed by atoms with Gasteiger partial charge in [-0.3, -0.25) is 4.79 Å². The SMILES string of the molecule is O=C1Nc2ncccc2O[C@H]1CC[NH+]1CC[NH+](Cc2ccccc2)CC1. The van der Waals surface area contributed by atoms with E-state index in [-0.39, 0.29) is 5.91 Å². The molecule has 1 saturated heterocycles. The summed E-state index contributed by atoms with van der Waals surface area (Å²) in [5.74, 6) is 1.12. The first-order valence-corrected chi connectivity index (χ1v) is 9.41. The van der Waals surface area contributed by atoms with Crippen molar-refractivity contribution in [3.8, 4) is 5.75 Å². The number of hydrogen-bond acceptors (Lipinski definition) is 3. The number of pyridine rings is 1. The molecule has 0 saturated carbocycles. The number of piperazine rings is 1. The Morgan fingerprint density at radius 3 is 2.62 bits per heavy atom. The summed E-state index contributed by atoms with van der Waals surface area (Å²) < 4.78 is 5.84. The van der Waals surface area contributed by atoms with Gasteiger partial charge in [0.2, 0.25) is 0 Å². The molecule has 136 valence electrons. The molecule has 4 rings (SSSR count). The van der Waals surface area contributed by atoms with Crippen LogP contribution in [0.3, 0.4) is 0 Å². The van der Waals surface area contributed by atoms with Gasteiger partial charge < -0.3 is 19.9 Å². The molecule has 6 heteroatoms. The van der Waals surface area contributed by atoms with Crippen LogP contribution in [0.15, 0.2) is 48.7 Å². The minimum absolute atomic E-state index is 0.0797. The number of carbonyl (C=O) groups excluding carboxylic acids is 1. The zero-order valence-electron chi connectivity index (χ0n) is 14.9. The monoisotopic (exact) mass is 354 g/mol. The second-order valence-corrected chi connectivity index (χ2v) is 7.15. The Kier molecular flexibility index (Phi) is 5.13. The minimum Gasteiger partial charge on any atom is -0.476 e. The van der Waals surface area contributed by atoms with Crippen molar-refractivity contribution in [3.05, 3.63) is 54.2 Å². The van der Waals surface area contributed by atoms with E-state index in [9.17, 15) is 4.79 Å². The second-order valence-electron chi connectivity index (χ2n) is 7.15. The molecule has 1 aromatic carbocycles. The molecule has 3 N–H and O–H groups in total. The molecule has 2 aliphatic heterocycles. The van der Waals surface area contributed by atoms with Crippen LogP contribution in [-0.2, 0) is 11.3 Å². The van der Waals surface area contributed by atoms with Crippen molar-refractivity contribution < 1.29 is 19.3 Å². The number of nitrogens with one attached hydrogen (secondary N) is 3. The first kappa shape index (κ1) is 17.0. The van der Waals surface area contributed by atoms with Crippen LogP contribution in [0.5, 0.6) is 5.75 Å². The molecular formula is C20H26N4O2+2. The molecule has 0 radical (unpaired) electrons. The highest BCUT2D eigenvalue weighted by Crippen LogP contribution is 2.26. The van der Waals surface area contributed by atoms with Crippen molar-refractivity contribution in [2.75, 3.05) is 38.0 Å². The Bertz CT molecular complexity index is 744. The number of hydrogen-bond donors (Lipinski definition) is 3. The van der Waals surface area contributed by atoms with Crippen LogP contribution in [0.1, 0.15) is 12.0 Å². The van der Waals surface area contributed by atoms with Gasteiger partial charge in [-0.2, -0.15) is 0 Å². The van der Waals surface area contributed by atoms with Gasteiger partial charge in [0, 0.05) is 18.2 Å². The summed E-state index contributed by atoms with van der Waals surface area (Å²) in [4.78, 5) is 19.5. The Hall–Kier alpha value is -2.44. The number of benzene rings is 1. The molecule has 1 fully saturated rings. The van der Waals surface area contributed by atoms with Gasteiger partial charge in [-0.15, -0.1) is 0 Å². The molecule has 2 aromatic rings. The van der Waals surface area contributed by atoms with E-state index >= 15 is 0 Å². The van der Waals surface area contributed by atoms with Crippen LogP contribution in [0.25, 0.3) is 0 Å². The number of carbonyl (C=O) groups is 1. The molecule has 3 heterocycles. The molecule has 6 nitrogen and oxygen atoms in total. The topological polar surface area (TPSA) is 60.1 Å². The number of fused-ring (bicyclic) bond motifs is 1. The minimum atomic E-state index is -0.408. The molecular weight excluding hydrogens is 328 g/mol. The van der Waals surface area contributed by atoms with Crippen molar-refractivity contribution in [1.29, 1.82) is 0 Å². The molecule has 1 aromatic heterocycles. The van der Waals surface area contributed by atoms with Gasteiger partial charge in [-0.25, -0.2) is 4.98 Å². The van der Waals surface area contributed by atoms with E-state index in [4.69, 9.17) is 4.74 Å². The van der Waals surface area contributed by atoms with E-state index in [1.165, 1.54) is 18.7 Å². The highest BCUT2D eigenvalue weighted by atomic mass is 16.5. The van der Waals surface area contributed by atoms with Gasteiger partial charge in [-0.05, 0) is 12.1 Å². The number of rotatable bonds is 5. The third-order valence-corrected chi connectivity index (χ3v) is 5.30. The highest BCUT2D eigenvalue weighted by molar-refractivity contribution is 5.96. The first-order chi connectivity index (χ1) is 12.8. The molecule has 0 spiro atoms. The third-order valence-electron chi connectivity index (χ3n) is 5.30. The number of ether oxygens (including phenoxy) is 1. The summed E-state index contributed by atoms with van der Waals surface area (Å²) in [6.45, 7) is 6.71. The van der Waals surface area contributed by atoms with E-state index in [2.05, 4.69) is 40.6 Å². The zero-order chi connectivity index (χ0) is 17.8. The summed E-state index contributed by atoms with van der Waals surface area (Å²) in [6, 6.07) is 14.4. The molecule has 2 aliphatic rings. The lowest BCUT2D eigenvalue weighted by Gasteiger charge is -2.31. The van der Waals surface area contributed by atoms with E-state index in [1.54, 1.807) is 16.0 Å². The molecule has 0 bridgehead atoms. The summed E-state index contributed by atoms with van der Waals surface area (Å²) in [5, 5.41) is 2.84. The Morgan fingerprint density at radius 1 is 1.04 bits per heavy atom. The molecule has 1 amide bonds. The van der Waals surface area contributed by atoms with Gasteiger partial charge in [-0.1, -0.05) is 30.3 Å². The van der Waals surface area contributed by atoms with E-state index in [0.29, 0.717) is 11.6 Å². The Labute approximate surface area is 153 Å². The van der Waals surface area contributed by atoms with Crippen molar-refractivity contribution in [1.82, 2.24) is 4.98 Å². The number of anilines is 1. The normalized spacial score (nSPS) is 25.1. The average Bonchev–Trinajstić information content (AvgIpc) is 2.68. The lowest BCUT2D eigenvalue weighted by molar-refractivity contribution is -1.02. The summed E-state index contributed by atoms with van der Waals surface area (Å²) >= 11 is 0. The summed E-state index contributed by atoms with van der Waals surface area (Å²) in [7, 11) is 0. The lowest BCUT2D eigenvalue weighted by atomic mass is 10.1. The van der Waals surface area contributed by atoms with Crippen molar-refractivity contribution in [2.45, 2.75) is 19.1 Å². The number of aromatic nitrogens is 1. The number of quaternary nitrogens is 2. The highest BCUT2D eigenvalue weighted by Gasteiger charge is 2.30. The quantitative estimate of drug-likeness (QED) is 0.656. The van der Waals surface area contributed by atoms with Crippen LogP contribution in [0.4, 0.5) is 5.82 Å². The third kappa shape index (κ3) is 4.03. The van der Waals surface area contributed by atoms with Crippen molar-refractivity contribution >= 4 is 11.7 Å². The summed E-state index contributed by atoms with van der Waals surface area (Å²) in [6.07, 6.45) is 1.99. The second kappa shape index (κ2) is 7.85.